The topological polar surface area (TPSA) is 43.4 Å². The molecule has 0 saturated heterocycles. The van der Waals surface area contributed by atoms with E-state index in [1.165, 1.54) is 19.6 Å². The molecular weight excluding hydrogens is 228 g/mol. The Morgan fingerprint density at radius 2 is 1.83 bits per heavy atom. The molecule has 1 aromatic rings. The summed E-state index contributed by atoms with van der Waals surface area (Å²) in [6.45, 7) is 7.33. The van der Waals surface area contributed by atoms with Gasteiger partial charge in [-0.1, -0.05) is 30.7 Å². The summed E-state index contributed by atoms with van der Waals surface area (Å²) in [7, 11) is 1.31. The minimum Gasteiger partial charge on any atom is -0.468 e. The molecule has 0 aromatic heterocycles. The molecule has 0 heterocycles. The van der Waals surface area contributed by atoms with Crippen molar-refractivity contribution in [2.75, 3.05) is 7.11 Å². The number of hydrogen-bond donors (Lipinski definition) is 0. The van der Waals surface area contributed by atoms with E-state index in [4.69, 9.17) is 4.74 Å². The first-order valence-corrected chi connectivity index (χ1v) is 6.04. The van der Waals surface area contributed by atoms with Gasteiger partial charge in [-0.05, 0) is 31.9 Å². The molecule has 0 saturated carbocycles. The van der Waals surface area contributed by atoms with Gasteiger partial charge in [0, 0.05) is 5.92 Å². The number of carbonyl (C=O) groups is 2. The van der Waals surface area contributed by atoms with Gasteiger partial charge in [0.15, 0.2) is 0 Å². The molecule has 0 bridgehead atoms. The molecule has 1 rings (SSSR count). The van der Waals surface area contributed by atoms with E-state index >= 15 is 0 Å². The number of carbonyl (C=O) groups excluding carboxylic acids is 2. The number of ketones is 1. The molecular formula is C15H20O3. The summed E-state index contributed by atoms with van der Waals surface area (Å²) in [6, 6.07) is 6.03. The van der Waals surface area contributed by atoms with E-state index in [-0.39, 0.29) is 11.7 Å². The van der Waals surface area contributed by atoms with E-state index < -0.39 is 11.9 Å². The van der Waals surface area contributed by atoms with Crippen LogP contribution in [0.3, 0.4) is 0 Å². The average Bonchev–Trinajstić information content (AvgIpc) is 2.28. The van der Waals surface area contributed by atoms with Crippen molar-refractivity contribution >= 4 is 11.8 Å². The molecule has 3 heteroatoms. The van der Waals surface area contributed by atoms with E-state index in [9.17, 15) is 9.59 Å². The third-order valence-corrected chi connectivity index (χ3v) is 3.31. The minimum absolute atomic E-state index is 0.158. The Morgan fingerprint density at radius 3 is 2.28 bits per heavy atom. The first kappa shape index (κ1) is 14.4. The number of rotatable bonds is 4. The highest BCUT2D eigenvalue weighted by molar-refractivity contribution is 5.98. The molecule has 0 radical (unpaired) electrons. The molecule has 0 aliphatic rings. The maximum atomic E-state index is 11.7. The van der Waals surface area contributed by atoms with Crippen molar-refractivity contribution in [3.05, 3.63) is 34.9 Å². The summed E-state index contributed by atoms with van der Waals surface area (Å²) in [5.74, 6) is -1.52. The minimum atomic E-state index is -0.726. The van der Waals surface area contributed by atoms with Gasteiger partial charge < -0.3 is 4.74 Å². The lowest BCUT2D eigenvalue weighted by molar-refractivity contribution is -0.149. The second kappa shape index (κ2) is 5.80. The summed E-state index contributed by atoms with van der Waals surface area (Å²) in [4.78, 5) is 23.3. The molecule has 0 aliphatic carbocycles. The zero-order chi connectivity index (χ0) is 13.9. The molecule has 2 unspecified atom stereocenters. The number of benzene rings is 1. The predicted molar refractivity (Wildman–Crippen MR) is 70.5 cm³/mol. The Labute approximate surface area is 108 Å². The summed E-state index contributed by atoms with van der Waals surface area (Å²) in [5.41, 5.74) is 3.28. The normalized spacial score (nSPS) is 13.8. The van der Waals surface area contributed by atoms with Crippen molar-refractivity contribution in [2.45, 2.75) is 33.6 Å². The zero-order valence-electron chi connectivity index (χ0n) is 11.6. The summed E-state index contributed by atoms with van der Waals surface area (Å²) >= 11 is 0. The molecule has 1 aromatic carbocycles. The van der Waals surface area contributed by atoms with Crippen LogP contribution in [-0.4, -0.2) is 18.9 Å². The monoisotopic (exact) mass is 248 g/mol. The van der Waals surface area contributed by atoms with Crippen molar-refractivity contribution in [3.8, 4) is 0 Å². The molecule has 98 valence electrons. The van der Waals surface area contributed by atoms with Gasteiger partial charge in [0.25, 0.3) is 0 Å². The number of methoxy groups -OCH3 is 1. The van der Waals surface area contributed by atoms with Crippen molar-refractivity contribution in [3.63, 3.8) is 0 Å². The highest BCUT2D eigenvalue weighted by Crippen LogP contribution is 2.29. The average molecular weight is 248 g/mol. The van der Waals surface area contributed by atoms with E-state index in [0.717, 1.165) is 11.1 Å². The second-order valence-electron chi connectivity index (χ2n) is 4.76. The van der Waals surface area contributed by atoms with Crippen LogP contribution in [0.15, 0.2) is 18.2 Å². The van der Waals surface area contributed by atoms with Gasteiger partial charge in [-0.2, -0.15) is 0 Å². The van der Waals surface area contributed by atoms with Gasteiger partial charge in [0.05, 0.1) is 7.11 Å². The number of ether oxygens (including phenoxy) is 1. The second-order valence-corrected chi connectivity index (χ2v) is 4.76. The summed E-state index contributed by atoms with van der Waals surface area (Å²) in [5, 5.41) is 0. The van der Waals surface area contributed by atoms with E-state index in [0.29, 0.717) is 0 Å². The van der Waals surface area contributed by atoms with Crippen molar-refractivity contribution < 1.29 is 14.3 Å². The van der Waals surface area contributed by atoms with Gasteiger partial charge in [-0.25, -0.2) is 0 Å². The lowest BCUT2D eigenvalue weighted by atomic mass is 9.83. The lowest BCUT2D eigenvalue weighted by Gasteiger charge is -2.21. The van der Waals surface area contributed by atoms with Crippen LogP contribution >= 0.6 is 0 Å². The van der Waals surface area contributed by atoms with Gasteiger partial charge in [-0.15, -0.1) is 0 Å². The Hall–Kier alpha value is -1.64. The Bertz CT molecular complexity index is 463. The zero-order valence-corrected chi connectivity index (χ0v) is 11.6. The van der Waals surface area contributed by atoms with E-state index in [1.807, 2.05) is 32.9 Å². The first-order chi connectivity index (χ1) is 8.38. The SMILES string of the molecule is COC(=O)C(C(C)=O)C(C)c1ccc(C)cc1C. The largest absolute Gasteiger partial charge is 0.468 e. The Balaban J connectivity index is 3.13. The fourth-order valence-corrected chi connectivity index (χ4v) is 2.37. The Morgan fingerprint density at radius 1 is 1.22 bits per heavy atom. The van der Waals surface area contributed by atoms with Crippen LogP contribution in [0.2, 0.25) is 0 Å². The summed E-state index contributed by atoms with van der Waals surface area (Å²) < 4.78 is 4.72. The van der Waals surface area contributed by atoms with Crippen LogP contribution < -0.4 is 0 Å². The highest BCUT2D eigenvalue weighted by atomic mass is 16.5. The maximum Gasteiger partial charge on any atom is 0.316 e. The predicted octanol–water partition coefficient (Wildman–Crippen LogP) is 2.79. The quantitative estimate of drug-likeness (QED) is 0.608. The van der Waals surface area contributed by atoms with Crippen LogP contribution in [0.1, 0.15) is 36.5 Å². The van der Waals surface area contributed by atoms with Crippen LogP contribution in [0.5, 0.6) is 0 Å². The highest BCUT2D eigenvalue weighted by Gasteiger charge is 2.31. The number of hydrogen-bond acceptors (Lipinski definition) is 3. The summed E-state index contributed by atoms with van der Waals surface area (Å²) in [6.07, 6.45) is 0. The first-order valence-electron chi connectivity index (χ1n) is 6.04. The molecule has 0 N–H and O–H groups in total. The van der Waals surface area contributed by atoms with Crippen LogP contribution in [-0.2, 0) is 14.3 Å². The van der Waals surface area contributed by atoms with Gasteiger partial charge >= 0.3 is 5.97 Å². The fourth-order valence-electron chi connectivity index (χ4n) is 2.37. The number of Topliss-reactive ketones (excluding diaryl/α,β-unsaturated/α-hetero) is 1. The van der Waals surface area contributed by atoms with Crippen molar-refractivity contribution in [1.29, 1.82) is 0 Å². The van der Waals surface area contributed by atoms with E-state index in [1.54, 1.807) is 0 Å². The fraction of sp³-hybridized carbons (Fsp3) is 0.467. The molecule has 18 heavy (non-hydrogen) atoms. The van der Waals surface area contributed by atoms with Crippen molar-refractivity contribution in [1.82, 2.24) is 0 Å². The van der Waals surface area contributed by atoms with Gasteiger partial charge in [0.2, 0.25) is 0 Å². The number of esters is 1. The molecule has 3 nitrogen and oxygen atoms in total. The smallest absolute Gasteiger partial charge is 0.316 e. The van der Waals surface area contributed by atoms with Crippen LogP contribution in [0.4, 0.5) is 0 Å². The maximum absolute atomic E-state index is 11.7. The molecule has 0 fully saturated rings. The van der Waals surface area contributed by atoms with Gasteiger partial charge in [-0.3, -0.25) is 9.59 Å². The standard InChI is InChI=1S/C15H20O3/c1-9-6-7-13(10(2)8-9)11(3)14(12(4)16)15(17)18-5/h6-8,11,14H,1-5H3. The van der Waals surface area contributed by atoms with Crippen LogP contribution in [0, 0.1) is 19.8 Å². The molecule has 0 aliphatic heterocycles. The van der Waals surface area contributed by atoms with Crippen LogP contribution in [0.25, 0.3) is 0 Å². The van der Waals surface area contributed by atoms with Crippen molar-refractivity contribution in [2.24, 2.45) is 5.92 Å². The Kier molecular flexibility index (Phi) is 4.65. The third kappa shape index (κ3) is 2.97. The van der Waals surface area contributed by atoms with E-state index in [2.05, 4.69) is 6.07 Å². The number of aryl methyl sites for hydroxylation is 2. The lowest BCUT2D eigenvalue weighted by Crippen LogP contribution is -2.28. The molecule has 2 atom stereocenters. The van der Waals surface area contributed by atoms with Gasteiger partial charge in [0.1, 0.15) is 11.7 Å². The third-order valence-electron chi connectivity index (χ3n) is 3.31. The molecule has 0 spiro atoms. The molecule has 0 amide bonds.